The molecule has 1 unspecified atom stereocenters. The standard InChI is InChI=1S/C16H14BrClF2O/c1-2-21-16-6-4-11(17)8-13(16)14(18)7-10-3-5-12(19)9-15(10)20/h3-6,8-9,14H,2,7H2,1H3. The molecule has 0 saturated carbocycles. The molecule has 0 aromatic heterocycles. The van der Waals surface area contributed by atoms with Crippen molar-refractivity contribution in [2.45, 2.75) is 18.7 Å². The van der Waals surface area contributed by atoms with Crippen LogP contribution in [0.1, 0.15) is 23.4 Å². The quantitative estimate of drug-likeness (QED) is 0.614. The zero-order valence-corrected chi connectivity index (χ0v) is 13.7. The normalized spacial score (nSPS) is 12.2. The monoisotopic (exact) mass is 374 g/mol. The fourth-order valence-corrected chi connectivity index (χ4v) is 2.76. The van der Waals surface area contributed by atoms with E-state index in [1.165, 1.54) is 12.1 Å². The average Bonchev–Trinajstić information content (AvgIpc) is 2.44. The molecule has 0 bridgehead atoms. The van der Waals surface area contributed by atoms with Gasteiger partial charge in [0.05, 0.1) is 12.0 Å². The topological polar surface area (TPSA) is 9.23 Å². The fourth-order valence-electron chi connectivity index (χ4n) is 2.04. The van der Waals surface area contributed by atoms with E-state index in [0.717, 1.165) is 16.1 Å². The van der Waals surface area contributed by atoms with Gasteiger partial charge < -0.3 is 4.74 Å². The van der Waals surface area contributed by atoms with Crippen LogP contribution in [0, 0.1) is 11.6 Å². The third-order valence-corrected chi connectivity index (χ3v) is 3.91. The Kier molecular flexibility index (Phi) is 5.59. The molecule has 0 spiro atoms. The molecule has 1 nitrogen and oxygen atoms in total. The van der Waals surface area contributed by atoms with Crippen molar-refractivity contribution >= 4 is 27.5 Å². The highest BCUT2D eigenvalue weighted by molar-refractivity contribution is 9.10. The predicted molar refractivity (Wildman–Crippen MR) is 84.0 cm³/mol. The van der Waals surface area contributed by atoms with Gasteiger partial charge in [-0.25, -0.2) is 8.78 Å². The van der Waals surface area contributed by atoms with Crippen molar-refractivity contribution < 1.29 is 13.5 Å². The zero-order chi connectivity index (χ0) is 15.4. The number of halogens is 4. The molecule has 112 valence electrons. The molecule has 0 aliphatic rings. The Bertz CT molecular complexity index is 634. The second-order valence-corrected chi connectivity index (χ2v) is 5.97. The Morgan fingerprint density at radius 3 is 2.62 bits per heavy atom. The van der Waals surface area contributed by atoms with Gasteiger partial charge in [-0.15, -0.1) is 11.6 Å². The van der Waals surface area contributed by atoms with Crippen LogP contribution < -0.4 is 4.74 Å². The van der Waals surface area contributed by atoms with Crippen molar-refractivity contribution in [1.82, 2.24) is 0 Å². The van der Waals surface area contributed by atoms with Crippen LogP contribution in [-0.2, 0) is 6.42 Å². The molecule has 0 fully saturated rings. The molecule has 1 atom stereocenters. The van der Waals surface area contributed by atoms with Gasteiger partial charge in [-0.2, -0.15) is 0 Å². The van der Waals surface area contributed by atoms with E-state index < -0.39 is 17.0 Å². The van der Waals surface area contributed by atoms with Crippen LogP contribution in [0.15, 0.2) is 40.9 Å². The SMILES string of the molecule is CCOc1ccc(Br)cc1C(Cl)Cc1ccc(F)cc1F. The Hall–Kier alpha value is -1.13. The van der Waals surface area contributed by atoms with E-state index in [1.807, 2.05) is 25.1 Å². The van der Waals surface area contributed by atoms with E-state index in [-0.39, 0.29) is 6.42 Å². The lowest BCUT2D eigenvalue weighted by Crippen LogP contribution is -2.03. The van der Waals surface area contributed by atoms with Gasteiger partial charge in [0, 0.05) is 16.1 Å². The first kappa shape index (κ1) is 16.2. The molecule has 2 rings (SSSR count). The Morgan fingerprint density at radius 2 is 1.95 bits per heavy atom. The Morgan fingerprint density at radius 1 is 1.19 bits per heavy atom. The molecule has 2 aromatic carbocycles. The van der Waals surface area contributed by atoms with E-state index in [1.54, 1.807) is 0 Å². The molecule has 0 aliphatic heterocycles. The summed E-state index contributed by atoms with van der Waals surface area (Å²) >= 11 is 9.79. The highest BCUT2D eigenvalue weighted by atomic mass is 79.9. The van der Waals surface area contributed by atoms with Gasteiger partial charge in [-0.05, 0) is 43.2 Å². The minimum absolute atomic E-state index is 0.254. The summed E-state index contributed by atoms with van der Waals surface area (Å²) in [6, 6.07) is 9.04. The van der Waals surface area contributed by atoms with Crippen LogP contribution in [0.4, 0.5) is 8.78 Å². The lowest BCUT2D eigenvalue weighted by Gasteiger charge is -2.16. The lowest BCUT2D eigenvalue weighted by molar-refractivity contribution is 0.336. The fraction of sp³-hybridized carbons (Fsp3) is 0.250. The predicted octanol–water partition coefficient (Wildman–Crippen LogP) is 5.65. The Labute approximate surface area is 136 Å². The second kappa shape index (κ2) is 7.23. The summed E-state index contributed by atoms with van der Waals surface area (Å²) in [5.74, 6) is -0.517. The van der Waals surface area contributed by atoms with Gasteiger partial charge in [0.1, 0.15) is 17.4 Å². The zero-order valence-electron chi connectivity index (χ0n) is 11.4. The van der Waals surface area contributed by atoms with Crippen LogP contribution in [0.5, 0.6) is 5.75 Å². The second-order valence-electron chi connectivity index (χ2n) is 4.52. The highest BCUT2D eigenvalue weighted by Gasteiger charge is 2.17. The maximum absolute atomic E-state index is 13.7. The molecule has 2 aromatic rings. The number of rotatable bonds is 5. The first-order valence-corrected chi connectivity index (χ1v) is 7.74. The number of ether oxygens (including phenoxy) is 1. The first-order valence-electron chi connectivity index (χ1n) is 6.51. The van der Waals surface area contributed by atoms with Crippen molar-refractivity contribution in [3.8, 4) is 5.75 Å². The largest absolute Gasteiger partial charge is 0.494 e. The van der Waals surface area contributed by atoms with Crippen molar-refractivity contribution in [1.29, 1.82) is 0 Å². The summed E-state index contributed by atoms with van der Waals surface area (Å²) in [5.41, 5.74) is 1.15. The van der Waals surface area contributed by atoms with E-state index in [0.29, 0.717) is 17.9 Å². The van der Waals surface area contributed by atoms with Gasteiger partial charge >= 0.3 is 0 Å². The van der Waals surface area contributed by atoms with Gasteiger partial charge in [0.25, 0.3) is 0 Å². The van der Waals surface area contributed by atoms with E-state index in [4.69, 9.17) is 16.3 Å². The lowest BCUT2D eigenvalue weighted by atomic mass is 10.0. The number of hydrogen-bond donors (Lipinski definition) is 0. The van der Waals surface area contributed by atoms with Crippen LogP contribution in [0.25, 0.3) is 0 Å². The molecular weight excluding hydrogens is 362 g/mol. The summed E-state index contributed by atoms with van der Waals surface area (Å²) < 4.78 is 33.0. The molecular formula is C16H14BrClF2O. The minimum atomic E-state index is -0.597. The van der Waals surface area contributed by atoms with Crippen LogP contribution >= 0.6 is 27.5 Å². The third-order valence-electron chi connectivity index (χ3n) is 3.02. The number of hydrogen-bond acceptors (Lipinski definition) is 1. The smallest absolute Gasteiger partial charge is 0.129 e. The van der Waals surface area contributed by atoms with E-state index >= 15 is 0 Å². The van der Waals surface area contributed by atoms with Gasteiger partial charge in [-0.3, -0.25) is 0 Å². The Balaban J connectivity index is 2.27. The molecule has 0 N–H and O–H groups in total. The number of alkyl halides is 1. The molecule has 5 heteroatoms. The van der Waals surface area contributed by atoms with Gasteiger partial charge in [0.2, 0.25) is 0 Å². The molecule has 0 heterocycles. The minimum Gasteiger partial charge on any atom is -0.494 e. The van der Waals surface area contributed by atoms with Gasteiger partial charge in [-0.1, -0.05) is 22.0 Å². The molecule has 0 aliphatic carbocycles. The summed E-state index contributed by atoms with van der Waals surface area (Å²) in [4.78, 5) is 0. The maximum atomic E-state index is 13.7. The van der Waals surface area contributed by atoms with Crippen LogP contribution in [0.2, 0.25) is 0 Å². The molecule has 0 radical (unpaired) electrons. The van der Waals surface area contributed by atoms with E-state index in [2.05, 4.69) is 15.9 Å². The van der Waals surface area contributed by atoms with Crippen LogP contribution in [-0.4, -0.2) is 6.61 Å². The average molecular weight is 376 g/mol. The maximum Gasteiger partial charge on any atom is 0.129 e. The molecule has 0 amide bonds. The van der Waals surface area contributed by atoms with Crippen molar-refractivity contribution in [3.63, 3.8) is 0 Å². The first-order chi connectivity index (χ1) is 10.0. The highest BCUT2D eigenvalue weighted by Crippen LogP contribution is 2.35. The number of benzene rings is 2. The molecule has 21 heavy (non-hydrogen) atoms. The van der Waals surface area contributed by atoms with E-state index in [9.17, 15) is 8.78 Å². The third kappa shape index (κ3) is 4.17. The summed E-state index contributed by atoms with van der Waals surface area (Å²) in [7, 11) is 0. The summed E-state index contributed by atoms with van der Waals surface area (Å²) in [6.07, 6.45) is 0.254. The summed E-state index contributed by atoms with van der Waals surface area (Å²) in [5, 5.41) is -0.469. The van der Waals surface area contributed by atoms with Crippen molar-refractivity contribution in [2.75, 3.05) is 6.61 Å². The van der Waals surface area contributed by atoms with Gasteiger partial charge in [0.15, 0.2) is 0 Å². The summed E-state index contributed by atoms with van der Waals surface area (Å²) in [6.45, 7) is 2.40. The van der Waals surface area contributed by atoms with Crippen LogP contribution in [0.3, 0.4) is 0 Å². The molecule has 0 saturated heterocycles. The van der Waals surface area contributed by atoms with Crippen molar-refractivity contribution in [3.05, 3.63) is 63.6 Å². The van der Waals surface area contributed by atoms with Crippen molar-refractivity contribution in [2.24, 2.45) is 0 Å².